The molecule has 4 aromatic heterocycles. The Morgan fingerprint density at radius 2 is 1.77 bits per heavy atom. The maximum absolute atomic E-state index is 13.3. The van der Waals surface area contributed by atoms with Gasteiger partial charge in [-0.15, -0.1) is 6.58 Å². The summed E-state index contributed by atoms with van der Waals surface area (Å²) >= 11 is 0. The van der Waals surface area contributed by atoms with Crippen LogP contribution in [0.15, 0.2) is 84.7 Å². The average Bonchev–Trinajstić information content (AvgIpc) is 3.26. The van der Waals surface area contributed by atoms with E-state index in [4.69, 9.17) is 9.97 Å². The van der Waals surface area contributed by atoms with Gasteiger partial charge in [0.25, 0.3) is 5.56 Å². The Bertz CT molecular complexity index is 1690. The van der Waals surface area contributed by atoms with Gasteiger partial charge >= 0.3 is 0 Å². The van der Waals surface area contributed by atoms with Crippen molar-refractivity contribution in [3.05, 3.63) is 95.8 Å². The van der Waals surface area contributed by atoms with Gasteiger partial charge in [-0.1, -0.05) is 24.3 Å². The molecule has 1 saturated heterocycles. The molecule has 1 aromatic carbocycles. The molecule has 0 atom stereocenters. The second-order valence-electron chi connectivity index (χ2n) is 9.79. The van der Waals surface area contributed by atoms with Crippen LogP contribution in [0.1, 0.15) is 5.56 Å². The molecule has 0 radical (unpaired) electrons. The molecule has 202 valence electrons. The molecule has 0 unspecified atom stereocenters. The van der Waals surface area contributed by atoms with Crippen molar-refractivity contribution in [3.63, 3.8) is 0 Å². The fraction of sp³-hybridized carbons (Fsp3) is 0.241. The fourth-order valence-electron chi connectivity index (χ4n) is 4.81. The molecular weight excluding hydrogens is 504 g/mol. The van der Waals surface area contributed by atoms with E-state index in [2.05, 4.69) is 55.8 Å². The third-order valence-corrected chi connectivity index (χ3v) is 6.97. The molecular formula is C29H30N10O. The molecule has 1 N–H and O–H groups in total. The van der Waals surface area contributed by atoms with Crippen molar-refractivity contribution in [1.29, 1.82) is 0 Å². The number of aromatic nitrogens is 7. The molecule has 0 spiro atoms. The molecule has 1 aliphatic rings. The summed E-state index contributed by atoms with van der Waals surface area (Å²) in [6.45, 7) is 9.38. The van der Waals surface area contributed by atoms with Crippen LogP contribution in [0, 0.1) is 0 Å². The van der Waals surface area contributed by atoms with Crippen LogP contribution < -0.4 is 10.9 Å². The zero-order chi connectivity index (χ0) is 27.5. The molecule has 0 amide bonds. The number of hydrogen-bond acceptors (Lipinski definition) is 9. The number of hydrogen-bond donors (Lipinski definition) is 1. The van der Waals surface area contributed by atoms with Crippen LogP contribution in [0.4, 0.5) is 11.6 Å². The van der Waals surface area contributed by atoms with Gasteiger partial charge in [0.15, 0.2) is 11.5 Å². The number of pyridine rings is 1. The van der Waals surface area contributed by atoms with Gasteiger partial charge < -0.3 is 10.2 Å². The van der Waals surface area contributed by atoms with Crippen molar-refractivity contribution >= 4 is 22.7 Å². The van der Waals surface area contributed by atoms with Gasteiger partial charge in [-0.2, -0.15) is 4.98 Å². The molecule has 6 rings (SSSR count). The summed E-state index contributed by atoms with van der Waals surface area (Å²) < 4.78 is 3.25. The summed E-state index contributed by atoms with van der Waals surface area (Å²) in [5, 5.41) is 3.67. The molecule has 1 aliphatic heterocycles. The molecule has 1 fully saturated rings. The summed E-state index contributed by atoms with van der Waals surface area (Å²) in [7, 11) is 2.17. The first-order valence-corrected chi connectivity index (χ1v) is 13.2. The lowest BCUT2D eigenvalue weighted by molar-refractivity contribution is 0.148. The van der Waals surface area contributed by atoms with Gasteiger partial charge in [0.05, 0.1) is 18.4 Å². The number of benzene rings is 1. The number of fused-ring (bicyclic) bond motifs is 1. The monoisotopic (exact) mass is 534 g/mol. The largest absolute Gasteiger partial charge is 0.324 e. The van der Waals surface area contributed by atoms with Crippen LogP contribution in [0.3, 0.4) is 0 Å². The normalized spacial score (nSPS) is 14.4. The van der Waals surface area contributed by atoms with Crippen molar-refractivity contribution < 1.29 is 0 Å². The topological polar surface area (TPSA) is 110 Å². The number of likely N-dealkylation sites (N-methyl/N-ethyl adjacent to an activating group) is 1. The SMILES string of the molecule is C=CCn1c(=O)c2cnc(Nc3ccc(CN4CCN(C)CC4)cc3)nc2n1-c1cccc(-c2cnccn2)n1. The van der Waals surface area contributed by atoms with Crippen LogP contribution in [0.2, 0.25) is 0 Å². The van der Waals surface area contributed by atoms with E-state index in [0.717, 1.165) is 38.4 Å². The Morgan fingerprint density at radius 3 is 2.52 bits per heavy atom. The van der Waals surface area contributed by atoms with E-state index in [1.54, 1.807) is 40.2 Å². The van der Waals surface area contributed by atoms with Gasteiger partial charge in [0.1, 0.15) is 11.1 Å². The highest BCUT2D eigenvalue weighted by atomic mass is 16.1. The predicted octanol–water partition coefficient (Wildman–Crippen LogP) is 3.11. The summed E-state index contributed by atoms with van der Waals surface area (Å²) in [4.78, 5) is 40.6. The second kappa shape index (κ2) is 11.2. The molecule has 0 saturated carbocycles. The number of rotatable bonds is 8. The standard InChI is InChI=1S/C29H30N10O/c1-3-13-38-28(40)23-18-32-29(33-22-9-7-21(8-10-22)20-37-16-14-36(2)15-17-37)35-27(23)39(38)26-6-4-5-24(34-26)25-19-30-11-12-31-25/h3-12,18-19H,1,13-17,20H2,2H3,(H,32,33,35). The van der Waals surface area contributed by atoms with Crippen molar-refractivity contribution in [2.24, 2.45) is 0 Å². The first kappa shape index (κ1) is 25.5. The van der Waals surface area contributed by atoms with Crippen molar-refractivity contribution in [1.82, 2.24) is 44.1 Å². The van der Waals surface area contributed by atoms with E-state index in [-0.39, 0.29) is 12.1 Å². The lowest BCUT2D eigenvalue weighted by Crippen LogP contribution is -2.43. The van der Waals surface area contributed by atoms with E-state index in [0.29, 0.717) is 34.2 Å². The Hall–Kier alpha value is -4.74. The van der Waals surface area contributed by atoms with Crippen LogP contribution in [-0.4, -0.2) is 77.3 Å². The number of anilines is 2. The second-order valence-corrected chi connectivity index (χ2v) is 9.79. The zero-order valence-corrected chi connectivity index (χ0v) is 22.3. The van der Waals surface area contributed by atoms with Gasteiger partial charge in [-0.05, 0) is 36.9 Å². The first-order valence-electron chi connectivity index (χ1n) is 13.2. The molecule has 5 heterocycles. The fourth-order valence-corrected chi connectivity index (χ4v) is 4.81. The molecule has 11 heteroatoms. The molecule has 11 nitrogen and oxygen atoms in total. The summed E-state index contributed by atoms with van der Waals surface area (Å²) in [6.07, 6.45) is 8.10. The maximum Gasteiger partial charge on any atom is 0.278 e. The number of nitrogens with one attached hydrogen (secondary N) is 1. The van der Waals surface area contributed by atoms with E-state index >= 15 is 0 Å². The lowest BCUT2D eigenvalue weighted by atomic mass is 10.2. The Morgan fingerprint density at radius 1 is 0.950 bits per heavy atom. The quantitative estimate of drug-likeness (QED) is 0.300. The van der Waals surface area contributed by atoms with E-state index in [9.17, 15) is 4.79 Å². The Labute approximate surface area is 231 Å². The molecule has 5 aromatic rings. The smallest absolute Gasteiger partial charge is 0.278 e. The van der Waals surface area contributed by atoms with Gasteiger partial charge in [0.2, 0.25) is 5.95 Å². The number of nitrogens with zero attached hydrogens (tertiary/aromatic N) is 9. The number of allylic oxidation sites excluding steroid dienone is 1. The molecule has 0 aliphatic carbocycles. The first-order chi connectivity index (χ1) is 19.6. The third kappa shape index (κ3) is 5.24. The zero-order valence-electron chi connectivity index (χ0n) is 22.3. The molecule has 40 heavy (non-hydrogen) atoms. The lowest BCUT2D eigenvalue weighted by Gasteiger charge is -2.32. The maximum atomic E-state index is 13.3. The van der Waals surface area contributed by atoms with Crippen LogP contribution in [0.5, 0.6) is 0 Å². The summed E-state index contributed by atoms with van der Waals surface area (Å²) in [5.74, 6) is 0.906. The van der Waals surface area contributed by atoms with E-state index < -0.39 is 0 Å². The van der Waals surface area contributed by atoms with E-state index in [1.165, 1.54) is 5.56 Å². The van der Waals surface area contributed by atoms with Crippen molar-refractivity contribution in [2.45, 2.75) is 13.1 Å². The van der Waals surface area contributed by atoms with Gasteiger partial charge in [0, 0.05) is 57.0 Å². The van der Waals surface area contributed by atoms with Gasteiger partial charge in [-0.3, -0.25) is 19.7 Å². The summed E-state index contributed by atoms with van der Waals surface area (Å²) in [5.41, 5.74) is 3.61. The van der Waals surface area contributed by atoms with Gasteiger partial charge in [-0.25, -0.2) is 19.3 Å². The molecule has 0 bridgehead atoms. The van der Waals surface area contributed by atoms with Crippen molar-refractivity contribution in [2.75, 3.05) is 38.5 Å². The minimum absolute atomic E-state index is 0.221. The minimum atomic E-state index is -0.221. The highest BCUT2D eigenvalue weighted by molar-refractivity contribution is 5.77. The van der Waals surface area contributed by atoms with Crippen molar-refractivity contribution in [3.8, 4) is 17.2 Å². The predicted molar refractivity (Wildman–Crippen MR) is 155 cm³/mol. The average molecular weight is 535 g/mol. The van der Waals surface area contributed by atoms with Crippen LogP contribution in [0.25, 0.3) is 28.2 Å². The van der Waals surface area contributed by atoms with E-state index in [1.807, 2.05) is 30.3 Å². The Kier molecular flexibility index (Phi) is 7.13. The highest BCUT2D eigenvalue weighted by Gasteiger charge is 2.19. The summed E-state index contributed by atoms with van der Waals surface area (Å²) in [6, 6.07) is 13.8. The van der Waals surface area contributed by atoms with Crippen LogP contribution in [-0.2, 0) is 13.1 Å². The number of piperazine rings is 1. The third-order valence-electron chi connectivity index (χ3n) is 6.97. The van der Waals surface area contributed by atoms with Crippen LogP contribution >= 0.6 is 0 Å². The minimum Gasteiger partial charge on any atom is -0.324 e. The highest BCUT2D eigenvalue weighted by Crippen LogP contribution is 2.21. The Balaban J connectivity index is 1.31.